The SMILES string of the molecule is COc1cc(N=C(N)C(C)(C)C)cc(OC)c1. The van der Waals surface area contributed by atoms with Crippen molar-refractivity contribution in [1.82, 2.24) is 0 Å². The van der Waals surface area contributed by atoms with E-state index in [1.165, 1.54) is 0 Å². The summed E-state index contributed by atoms with van der Waals surface area (Å²) in [5.41, 5.74) is 6.51. The second-order valence-corrected chi connectivity index (χ2v) is 4.82. The molecule has 0 heterocycles. The lowest BCUT2D eigenvalue weighted by Gasteiger charge is -2.17. The summed E-state index contributed by atoms with van der Waals surface area (Å²) in [5.74, 6) is 1.97. The average Bonchev–Trinajstić information content (AvgIpc) is 2.27. The summed E-state index contributed by atoms with van der Waals surface area (Å²) in [6, 6.07) is 5.44. The summed E-state index contributed by atoms with van der Waals surface area (Å²) in [6.07, 6.45) is 0. The van der Waals surface area contributed by atoms with Crippen LogP contribution < -0.4 is 15.2 Å². The summed E-state index contributed by atoms with van der Waals surface area (Å²) in [6.45, 7) is 6.05. The number of ether oxygens (including phenoxy) is 2. The molecule has 0 fully saturated rings. The molecule has 0 amide bonds. The van der Waals surface area contributed by atoms with Gasteiger partial charge >= 0.3 is 0 Å². The van der Waals surface area contributed by atoms with Crippen LogP contribution >= 0.6 is 0 Å². The van der Waals surface area contributed by atoms with Crippen molar-refractivity contribution in [3.63, 3.8) is 0 Å². The van der Waals surface area contributed by atoms with E-state index < -0.39 is 0 Å². The standard InChI is InChI=1S/C13H20N2O2/c1-13(2,3)12(14)15-9-6-10(16-4)8-11(7-9)17-5/h6-8H,1-5H3,(H2,14,15). The Morgan fingerprint density at radius 2 is 1.53 bits per heavy atom. The molecular weight excluding hydrogens is 216 g/mol. The third kappa shape index (κ3) is 3.66. The van der Waals surface area contributed by atoms with E-state index in [0.29, 0.717) is 17.3 Å². The number of amidine groups is 1. The Labute approximate surface area is 102 Å². The molecule has 4 nitrogen and oxygen atoms in total. The number of rotatable bonds is 3. The zero-order valence-electron chi connectivity index (χ0n) is 11.1. The fraction of sp³-hybridized carbons (Fsp3) is 0.462. The predicted octanol–water partition coefficient (Wildman–Crippen LogP) is 2.74. The number of benzene rings is 1. The first-order valence-electron chi connectivity index (χ1n) is 5.44. The van der Waals surface area contributed by atoms with E-state index >= 15 is 0 Å². The van der Waals surface area contributed by atoms with Crippen molar-refractivity contribution in [2.75, 3.05) is 14.2 Å². The van der Waals surface area contributed by atoms with Gasteiger partial charge in [-0.05, 0) is 0 Å². The van der Waals surface area contributed by atoms with Gasteiger partial charge in [-0.25, -0.2) is 4.99 Å². The van der Waals surface area contributed by atoms with E-state index in [1.54, 1.807) is 20.3 Å². The number of nitrogens with zero attached hydrogens (tertiary/aromatic N) is 1. The first-order chi connectivity index (χ1) is 7.86. The molecule has 0 saturated carbocycles. The highest BCUT2D eigenvalue weighted by molar-refractivity contribution is 5.88. The maximum absolute atomic E-state index is 5.93. The van der Waals surface area contributed by atoms with E-state index in [9.17, 15) is 0 Å². The first kappa shape index (κ1) is 13.4. The highest BCUT2D eigenvalue weighted by atomic mass is 16.5. The minimum Gasteiger partial charge on any atom is -0.497 e. The molecule has 17 heavy (non-hydrogen) atoms. The van der Waals surface area contributed by atoms with E-state index in [4.69, 9.17) is 15.2 Å². The molecule has 0 aliphatic carbocycles. The van der Waals surface area contributed by atoms with Crippen LogP contribution in [0, 0.1) is 5.41 Å². The molecule has 0 aliphatic rings. The highest BCUT2D eigenvalue weighted by Gasteiger charge is 2.15. The minimum atomic E-state index is -0.156. The predicted molar refractivity (Wildman–Crippen MR) is 70.3 cm³/mol. The number of nitrogens with two attached hydrogens (primary N) is 1. The van der Waals surface area contributed by atoms with Crippen molar-refractivity contribution >= 4 is 11.5 Å². The van der Waals surface area contributed by atoms with Crippen molar-refractivity contribution in [2.45, 2.75) is 20.8 Å². The molecule has 0 bridgehead atoms. The number of methoxy groups -OCH3 is 2. The molecule has 0 atom stereocenters. The van der Waals surface area contributed by atoms with Gasteiger partial charge < -0.3 is 15.2 Å². The molecule has 0 unspecified atom stereocenters. The van der Waals surface area contributed by atoms with Gasteiger partial charge in [0.2, 0.25) is 0 Å². The second kappa shape index (κ2) is 5.08. The lowest BCUT2D eigenvalue weighted by Crippen LogP contribution is -2.28. The first-order valence-corrected chi connectivity index (χ1v) is 5.44. The quantitative estimate of drug-likeness (QED) is 0.648. The maximum atomic E-state index is 5.93. The van der Waals surface area contributed by atoms with Gasteiger partial charge in [-0.15, -0.1) is 0 Å². The molecule has 0 saturated heterocycles. The molecule has 1 aromatic carbocycles. The Hall–Kier alpha value is -1.71. The topological polar surface area (TPSA) is 56.8 Å². The number of aliphatic imine (C=N–C) groups is 1. The van der Waals surface area contributed by atoms with Crippen LogP contribution in [0.2, 0.25) is 0 Å². The molecule has 2 N–H and O–H groups in total. The van der Waals surface area contributed by atoms with Crippen molar-refractivity contribution in [3.05, 3.63) is 18.2 Å². The van der Waals surface area contributed by atoms with E-state index in [1.807, 2.05) is 32.9 Å². The molecule has 0 aliphatic heterocycles. The Kier molecular flexibility index (Phi) is 3.99. The van der Waals surface area contributed by atoms with Gasteiger partial charge in [-0.1, -0.05) is 20.8 Å². The third-order valence-electron chi connectivity index (χ3n) is 2.35. The molecular formula is C13H20N2O2. The van der Waals surface area contributed by atoms with Gasteiger partial charge in [0, 0.05) is 23.6 Å². The van der Waals surface area contributed by atoms with Gasteiger partial charge in [0.25, 0.3) is 0 Å². The van der Waals surface area contributed by atoms with Crippen LogP contribution in [-0.4, -0.2) is 20.1 Å². The van der Waals surface area contributed by atoms with Crippen LogP contribution in [0.1, 0.15) is 20.8 Å². The summed E-state index contributed by atoms with van der Waals surface area (Å²) in [4.78, 5) is 4.38. The van der Waals surface area contributed by atoms with Crippen molar-refractivity contribution in [2.24, 2.45) is 16.1 Å². The molecule has 0 spiro atoms. The van der Waals surface area contributed by atoms with E-state index in [-0.39, 0.29) is 5.41 Å². The van der Waals surface area contributed by atoms with Crippen LogP contribution in [-0.2, 0) is 0 Å². The number of hydrogen-bond acceptors (Lipinski definition) is 3. The molecule has 1 rings (SSSR count). The Morgan fingerprint density at radius 3 is 1.88 bits per heavy atom. The summed E-state index contributed by atoms with van der Waals surface area (Å²) in [7, 11) is 3.21. The Bertz CT molecular complexity index is 398. The molecule has 0 radical (unpaired) electrons. The van der Waals surface area contributed by atoms with Crippen LogP contribution in [0.15, 0.2) is 23.2 Å². The van der Waals surface area contributed by atoms with E-state index in [0.717, 1.165) is 5.69 Å². The Morgan fingerprint density at radius 1 is 1.06 bits per heavy atom. The smallest absolute Gasteiger partial charge is 0.124 e. The molecule has 1 aromatic rings. The zero-order valence-corrected chi connectivity index (χ0v) is 11.1. The van der Waals surface area contributed by atoms with Gasteiger partial charge in [0.05, 0.1) is 19.9 Å². The third-order valence-corrected chi connectivity index (χ3v) is 2.35. The average molecular weight is 236 g/mol. The zero-order chi connectivity index (χ0) is 13.1. The van der Waals surface area contributed by atoms with Crippen LogP contribution in [0.3, 0.4) is 0 Å². The fourth-order valence-corrected chi connectivity index (χ4v) is 1.16. The summed E-state index contributed by atoms with van der Waals surface area (Å²) in [5, 5.41) is 0. The summed E-state index contributed by atoms with van der Waals surface area (Å²) >= 11 is 0. The normalized spacial score (nSPS) is 12.4. The van der Waals surface area contributed by atoms with Crippen molar-refractivity contribution < 1.29 is 9.47 Å². The van der Waals surface area contributed by atoms with Gasteiger partial charge in [0.15, 0.2) is 0 Å². The number of hydrogen-bond donors (Lipinski definition) is 1. The molecule has 0 aromatic heterocycles. The minimum absolute atomic E-state index is 0.156. The largest absolute Gasteiger partial charge is 0.497 e. The van der Waals surface area contributed by atoms with Crippen LogP contribution in [0.5, 0.6) is 11.5 Å². The molecule has 94 valence electrons. The van der Waals surface area contributed by atoms with Crippen LogP contribution in [0.4, 0.5) is 5.69 Å². The van der Waals surface area contributed by atoms with Crippen molar-refractivity contribution in [1.29, 1.82) is 0 Å². The Balaban J connectivity index is 3.14. The lowest BCUT2D eigenvalue weighted by molar-refractivity contribution is 0.394. The lowest BCUT2D eigenvalue weighted by atomic mass is 9.95. The van der Waals surface area contributed by atoms with E-state index in [2.05, 4.69) is 4.99 Å². The molecule has 4 heteroatoms. The van der Waals surface area contributed by atoms with Gasteiger partial charge in [-0.2, -0.15) is 0 Å². The van der Waals surface area contributed by atoms with Crippen molar-refractivity contribution in [3.8, 4) is 11.5 Å². The fourth-order valence-electron chi connectivity index (χ4n) is 1.16. The monoisotopic (exact) mass is 236 g/mol. The van der Waals surface area contributed by atoms with Gasteiger partial charge in [-0.3, -0.25) is 0 Å². The van der Waals surface area contributed by atoms with Gasteiger partial charge in [0.1, 0.15) is 17.3 Å². The second-order valence-electron chi connectivity index (χ2n) is 4.82. The summed E-state index contributed by atoms with van der Waals surface area (Å²) < 4.78 is 10.3. The highest BCUT2D eigenvalue weighted by Crippen LogP contribution is 2.28. The van der Waals surface area contributed by atoms with Crippen LogP contribution in [0.25, 0.3) is 0 Å². The maximum Gasteiger partial charge on any atom is 0.124 e.